The second kappa shape index (κ2) is 6.26. The highest BCUT2D eigenvalue weighted by molar-refractivity contribution is 6.30. The van der Waals surface area contributed by atoms with E-state index in [0.717, 1.165) is 11.1 Å². The molecule has 2 atom stereocenters. The molecule has 3 N–H and O–H groups in total. The topological polar surface area (TPSA) is 53.2 Å². The summed E-state index contributed by atoms with van der Waals surface area (Å²) < 4.78 is 0. The van der Waals surface area contributed by atoms with E-state index < -0.39 is 0 Å². The number of carbonyl (C=O) groups excluding carboxylic acids is 1. The van der Waals surface area contributed by atoms with Crippen LogP contribution >= 0.6 is 11.6 Å². The third kappa shape index (κ3) is 3.42. The van der Waals surface area contributed by atoms with Crippen LogP contribution in [0.3, 0.4) is 0 Å². The number of benzene rings is 2. The van der Waals surface area contributed by atoms with Gasteiger partial charge in [0.15, 0.2) is 0 Å². The summed E-state index contributed by atoms with van der Waals surface area (Å²) in [6.45, 7) is 0. The zero-order valence-corrected chi connectivity index (χ0v) is 12.1. The molecule has 1 fully saturated rings. The van der Waals surface area contributed by atoms with Crippen LogP contribution in [-0.4, -0.2) is 11.9 Å². The van der Waals surface area contributed by atoms with Crippen LogP contribution in [0.15, 0.2) is 54.6 Å². The maximum absolute atomic E-state index is 12.0. The summed E-state index contributed by atoms with van der Waals surface area (Å²) in [7, 11) is 0. The second-order valence-electron chi connectivity index (χ2n) is 5.03. The van der Waals surface area contributed by atoms with Crippen molar-refractivity contribution in [2.45, 2.75) is 18.6 Å². The van der Waals surface area contributed by atoms with Crippen LogP contribution in [0.1, 0.15) is 17.3 Å². The quantitative estimate of drug-likeness (QED) is 0.814. The Hall–Kier alpha value is -1.88. The van der Waals surface area contributed by atoms with Gasteiger partial charge in [-0.2, -0.15) is 0 Å². The van der Waals surface area contributed by atoms with E-state index in [-0.39, 0.29) is 18.1 Å². The number of hydrogen-bond acceptors (Lipinski definition) is 3. The highest BCUT2D eigenvalue weighted by atomic mass is 35.5. The number of hydrogen-bond donors (Lipinski definition) is 3. The maximum Gasteiger partial charge on any atom is 0.251 e. The molecule has 0 radical (unpaired) electrons. The third-order valence-electron chi connectivity index (χ3n) is 3.51. The van der Waals surface area contributed by atoms with Gasteiger partial charge in [-0.15, -0.1) is 0 Å². The first-order valence-electron chi connectivity index (χ1n) is 6.83. The molecular formula is C16H16ClN3O. The normalized spacial score (nSPS) is 21.9. The minimum Gasteiger partial charge on any atom is -0.288 e. The van der Waals surface area contributed by atoms with Crippen molar-refractivity contribution in [3.05, 3.63) is 70.7 Å². The van der Waals surface area contributed by atoms with Gasteiger partial charge in [-0.25, -0.2) is 5.43 Å². The van der Waals surface area contributed by atoms with E-state index in [1.165, 1.54) is 0 Å². The average molecular weight is 302 g/mol. The molecule has 1 aliphatic rings. The van der Waals surface area contributed by atoms with Crippen molar-refractivity contribution in [1.29, 1.82) is 0 Å². The molecule has 0 spiro atoms. The molecule has 4 nitrogen and oxygen atoms in total. The van der Waals surface area contributed by atoms with E-state index >= 15 is 0 Å². The van der Waals surface area contributed by atoms with E-state index in [1.807, 2.05) is 54.6 Å². The minimum atomic E-state index is -0.280. The number of hydrazine groups is 1. The summed E-state index contributed by atoms with van der Waals surface area (Å²) in [6.07, 6.45) is 0.523. The van der Waals surface area contributed by atoms with Gasteiger partial charge in [0.25, 0.3) is 5.91 Å². The Labute approximate surface area is 128 Å². The number of amides is 1. The van der Waals surface area contributed by atoms with E-state index in [9.17, 15) is 4.79 Å². The summed E-state index contributed by atoms with van der Waals surface area (Å²) in [5.74, 6) is -0.0582. The first-order valence-corrected chi connectivity index (χ1v) is 7.21. The van der Waals surface area contributed by atoms with E-state index in [2.05, 4.69) is 16.2 Å². The molecule has 0 aliphatic carbocycles. The van der Waals surface area contributed by atoms with Crippen molar-refractivity contribution < 1.29 is 4.79 Å². The lowest BCUT2D eigenvalue weighted by atomic mass is 10.0. The van der Waals surface area contributed by atoms with Gasteiger partial charge in [-0.1, -0.05) is 54.1 Å². The SMILES string of the molecule is O=C1NNC(c2ccccc2)NC1Cc1ccc(Cl)cc1. The van der Waals surface area contributed by atoms with Gasteiger partial charge in [-0.3, -0.25) is 15.5 Å². The Morgan fingerprint density at radius 2 is 1.71 bits per heavy atom. The molecule has 2 unspecified atom stereocenters. The molecule has 2 aromatic rings. The van der Waals surface area contributed by atoms with Gasteiger partial charge in [0.05, 0.1) is 6.04 Å². The van der Waals surface area contributed by atoms with Gasteiger partial charge in [-0.05, 0) is 29.7 Å². The molecule has 21 heavy (non-hydrogen) atoms. The first-order chi connectivity index (χ1) is 10.2. The molecule has 1 amide bonds. The molecule has 1 aliphatic heterocycles. The number of rotatable bonds is 3. The Morgan fingerprint density at radius 3 is 2.43 bits per heavy atom. The number of halogens is 1. The highest BCUT2D eigenvalue weighted by Gasteiger charge is 2.28. The van der Waals surface area contributed by atoms with Gasteiger partial charge in [0.1, 0.15) is 6.17 Å². The number of nitrogens with one attached hydrogen (secondary N) is 3. The highest BCUT2D eigenvalue weighted by Crippen LogP contribution is 2.16. The van der Waals surface area contributed by atoms with Crippen LogP contribution < -0.4 is 16.2 Å². The van der Waals surface area contributed by atoms with Crippen molar-refractivity contribution in [2.75, 3.05) is 0 Å². The van der Waals surface area contributed by atoms with Crippen molar-refractivity contribution in [3.63, 3.8) is 0 Å². The Balaban J connectivity index is 1.72. The predicted octanol–water partition coefficient (Wildman–Crippen LogP) is 2.17. The van der Waals surface area contributed by atoms with Crippen LogP contribution in [0.2, 0.25) is 5.02 Å². The molecule has 3 rings (SSSR count). The van der Waals surface area contributed by atoms with E-state index in [0.29, 0.717) is 11.4 Å². The lowest BCUT2D eigenvalue weighted by Crippen LogP contribution is -2.61. The van der Waals surface area contributed by atoms with Gasteiger partial charge >= 0.3 is 0 Å². The molecule has 108 valence electrons. The minimum absolute atomic E-state index is 0.0582. The number of carbonyl (C=O) groups is 1. The van der Waals surface area contributed by atoms with Gasteiger partial charge in [0, 0.05) is 5.02 Å². The largest absolute Gasteiger partial charge is 0.288 e. The maximum atomic E-state index is 12.0. The van der Waals surface area contributed by atoms with Crippen LogP contribution in [-0.2, 0) is 11.2 Å². The van der Waals surface area contributed by atoms with Gasteiger partial charge in [0.2, 0.25) is 0 Å². The smallest absolute Gasteiger partial charge is 0.251 e. The fraction of sp³-hybridized carbons (Fsp3) is 0.188. The standard InChI is InChI=1S/C16H16ClN3O/c17-13-8-6-11(7-9-13)10-14-16(21)20-19-15(18-14)12-4-2-1-3-5-12/h1-9,14-15,18-19H,10H2,(H,20,21). The average Bonchev–Trinajstić information content (AvgIpc) is 2.52. The molecule has 0 saturated carbocycles. The molecule has 1 saturated heterocycles. The Morgan fingerprint density at radius 1 is 1.00 bits per heavy atom. The molecule has 0 bridgehead atoms. The summed E-state index contributed by atoms with van der Waals surface area (Å²) >= 11 is 5.88. The van der Waals surface area contributed by atoms with Crippen molar-refractivity contribution in [1.82, 2.24) is 16.2 Å². The third-order valence-corrected chi connectivity index (χ3v) is 3.76. The van der Waals surface area contributed by atoms with Crippen LogP contribution in [0.25, 0.3) is 0 Å². The molecular weight excluding hydrogens is 286 g/mol. The van der Waals surface area contributed by atoms with Crippen LogP contribution in [0, 0.1) is 0 Å². The zero-order chi connectivity index (χ0) is 14.7. The van der Waals surface area contributed by atoms with Crippen LogP contribution in [0.4, 0.5) is 0 Å². The van der Waals surface area contributed by atoms with Crippen molar-refractivity contribution >= 4 is 17.5 Å². The fourth-order valence-electron chi connectivity index (χ4n) is 2.38. The van der Waals surface area contributed by atoms with E-state index in [1.54, 1.807) is 0 Å². The van der Waals surface area contributed by atoms with Crippen molar-refractivity contribution in [2.24, 2.45) is 0 Å². The summed E-state index contributed by atoms with van der Waals surface area (Å²) in [5, 5.41) is 4.02. The molecule has 5 heteroatoms. The summed E-state index contributed by atoms with van der Waals surface area (Å²) in [6, 6.07) is 17.2. The molecule has 1 heterocycles. The Kier molecular flexibility index (Phi) is 4.20. The van der Waals surface area contributed by atoms with E-state index in [4.69, 9.17) is 11.6 Å². The molecule has 2 aromatic carbocycles. The molecule has 0 aromatic heterocycles. The first kappa shape index (κ1) is 14.1. The predicted molar refractivity (Wildman–Crippen MR) is 82.5 cm³/mol. The lowest BCUT2D eigenvalue weighted by Gasteiger charge is -2.32. The summed E-state index contributed by atoms with van der Waals surface area (Å²) in [4.78, 5) is 12.0. The zero-order valence-electron chi connectivity index (χ0n) is 11.3. The van der Waals surface area contributed by atoms with Crippen LogP contribution in [0.5, 0.6) is 0 Å². The fourth-order valence-corrected chi connectivity index (χ4v) is 2.51. The van der Waals surface area contributed by atoms with Crippen molar-refractivity contribution in [3.8, 4) is 0 Å². The monoisotopic (exact) mass is 301 g/mol. The lowest BCUT2D eigenvalue weighted by molar-refractivity contribution is -0.127. The second-order valence-corrected chi connectivity index (χ2v) is 5.46. The Bertz CT molecular complexity index is 615. The van der Waals surface area contributed by atoms with Gasteiger partial charge < -0.3 is 0 Å². The summed E-state index contributed by atoms with van der Waals surface area (Å²) in [5.41, 5.74) is 7.87.